The van der Waals surface area contributed by atoms with Gasteiger partial charge in [-0.3, -0.25) is 4.72 Å². The highest BCUT2D eigenvalue weighted by Crippen LogP contribution is 2.25. The third-order valence-electron chi connectivity index (χ3n) is 2.54. The van der Waals surface area contributed by atoms with Gasteiger partial charge in [0, 0.05) is 18.3 Å². The highest BCUT2D eigenvalue weighted by atomic mass is 35.5. The predicted octanol–water partition coefficient (Wildman–Crippen LogP) is 3.37. The summed E-state index contributed by atoms with van der Waals surface area (Å²) < 4.78 is 40.1. The lowest BCUT2D eigenvalue weighted by Gasteiger charge is -2.10. The molecule has 0 saturated carbocycles. The van der Waals surface area contributed by atoms with Crippen molar-refractivity contribution in [2.75, 3.05) is 17.1 Å². The second-order valence-electron chi connectivity index (χ2n) is 3.98. The molecule has 0 aliphatic rings. The van der Waals surface area contributed by atoms with E-state index < -0.39 is 15.8 Å². The van der Waals surface area contributed by atoms with Gasteiger partial charge in [-0.05, 0) is 24.3 Å². The van der Waals surface area contributed by atoms with Crippen molar-refractivity contribution < 1.29 is 12.8 Å². The molecule has 0 fully saturated rings. The summed E-state index contributed by atoms with van der Waals surface area (Å²) in [5, 5.41) is 3.01. The number of nitrogens with one attached hydrogen (secondary N) is 2. The molecule has 1 aromatic carbocycles. The van der Waals surface area contributed by atoms with Crippen molar-refractivity contribution in [1.29, 1.82) is 0 Å². The quantitative estimate of drug-likeness (QED) is 0.887. The minimum atomic E-state index is -4.00. The molecule has 0 saturated heterocycles. The molecule has 2 rings (SSSR count). The molecule has 0 bridgehead atoms. The minimum absolute atomic E-state index is 0.136. The second-order valence-corrected chi connectivity index (χ2v) is 6.51. The van der Waals surface area contributed by atoms with E-state index in [0.717, 1.165) is 12.3 Å². The summed E-state index contributed by atoms with van der Waals surface area (Å²) in [6.45, 7) is 0. The van der Waals surface area contributed by atoms with E-state index in [1.807, 2.05) is 0 Å². The molecule has 0 unspecified atom stereocenters. The van der Waals surface area contributed by atoms with Crippen LogP contribution in [0.3, 0.4) is 0 Å². The summed E-state index contributed by atoms with van der Waals surface area (Å²) >= 11 is 11.5. The number of aromatic nitrogens is 1. The Labute approximate surface area is 131 Å². The van der Waals surface area contributed by atoms with Crippen LogP contribution in [0.25, 0.3) is 0 Å². The van der Waals surface area contributed by atoms with Crippen LogP contribution in [0, 0.1) is 5.82 Å². The van der Waals surface area contributed by atoms with Gasteiger partial charge in [-0.25, -0.2) is 17.8 Å². The van der Waals surface area contributed by atoms with Crippen molar-refractivity contribution in [1.82, 2.24) is 4.98 Å². The van der Waals surface area contributed by atoms with Crippen molar-refractivity contribution in [3.05, 3.63) is 46.3 Å². The van der Waals surface area contributed by atoms with Gasteiger partial charge in [0.1, 0.15) is 16.5 Å². The molecule has 9 heteroatoms. The number of nitrogens with zero attached hydrogens (tertiary/aromatic N) is 1. The van der Waals surface area contributed by atoms with E-state index in [1.54, 1.807) is 7.05 Å². The zero-order valence-electron chi connectivity index (χ0n) is 10.7. The second kappa shape index (κ2) is 6.05. The van der Waals surface area contributed by atoms with Crippen molar-refractivity contribution in [3.63, 3.8) is 0 Å². The number of sulfonamides is 1. The average Bonchev–Trinajstić information content (AvgIpc) is 2.42. The van der Waals surface area contributed by atoms with Crippen LogP contribution < -0.4 is 10.0 Å². The van der Waals surface area contributed by atoms with E-state index in [-0.39, 0.29) is 20.6 Å². The average molecular weight is 350 g/mol. The molecule has 0 aliphatic carbocycles. The first-order valence-corrected chi connectivity index (χ1v) is 7.88. The van der Waals surface area contributed by atoms with E-state index in [9.17, 15) is 12.8 Å². The van der Waals surface area contributed by atoms with Crippen LogP contribution >= 0.6 is 23.2 Å². The van der Waals surface area contributed by atoms with Gasteiger partial charge in [-0.1, -0.05) is 23.2 Å². The molecule has 5 nitrogen and oxygen atoms in total. The Hall–Kier alpha value is -1.57. The van der Waals surface area contributed by atoms with Gasteiger partial charge in [0.15, 0.2) is 0 Å². The van der Waals surface area contributed by atoms with Crippen LogP contribution in [-0.2, 0) is 10.0 Å². The molecule has 2 N–H and O–H groups in total. The fourth-order valence-electron chi connectivity index (χ4n) is 1.53. The Bertz CT molecular complexity index is 784. The summed E-state index contributed by atoms with van der Waals surface area (Å²) in [6.07, 6.45) is 1.12. The number of halogens is 3. The Kier molecular flexibility index (Phi) is 4.55. The molecule has 0 aliphatic heterocycles. The van der Waals surface area contributed by atoms with Gasteiger partial charge in [0.05, 0.1) is 10.7 Å². The van der Waals surface area contributed by atoms with E-state index in [2.05, 4.69) is 15.0 Å². The first-order chi connectivity index (χ1) is 9.83. The van der Waals surface area contributed by atoms with Gasteiger partial charge in [0.2, 0.25) is 0 Å². The summed E-state index contributed by atoms with van der Waals surface area (Å²) in [6, 6.07) is 4.83. The van der Waals surface area contributed by atoms with Crippen molar-refractivity contribution in [2.45, 2.75) is 4.90 Å². The summed E-state index contributed by atoms with van der Waals surface area (Å²) in [7, 11) is -2.40. The highest BCUT2D eigenvalue weighted by Gasteiger charge is 2.18. The summed E-state index contributed by atoms with van der Waals surface area (Å²) in [5.41, 5.74) is -0.215. The molecule has 0 atom stereocenters. The standard InChI is InChI=1S/C12H10Cl2FN3O2S/c1-16-12-9(14)5-8(6-17-12)21(19,20)18-11-3-2-7(13)4-10(11)15/h2-6,18H,1H3,(H,16,17). The molecule has 112 valence electrons. The first kappa shape index (κ1) is 15.8. The van der Waals surface area contributed by atoms with Gasteiger partial charge in [-0.15, -0.1) is 0 Å². The van der Waals surface area contributed by atoms with Crippen molar-refractivity contribution in [3.8, 4) is 0 Å². The van der Waals surface area contributed by atoms with E-state index >= 15 is 0 Å². The van der Waals surface area contributed by atoms with Crippen molar-refractivity contribution in [2.24, 2.45) is 0 Å². The summed E-state index contributed by atoms with van der Waals surface area (Å²) in [4.78, 5) is 3.68. The topological polar surface area (TPSA) is 71.1 Å². The third-order valence-corrected chi connectivity index (χ3v) is 4.39. The van der Waals surface area contributed by atoms with E-state index in [1.165, 1.54) is 18.2 Å². The molecule has 1 aromatic heterocycles. The van der Waals surface area contributed by atoms with Gasteiger partial charge >= 0.3 is 0 Å². The maximum Gasteiger partial charge on any atom is 0.263 e. The zero-order valence-corrected chi connectivity index (χ0v) is 13.0. The Balaban J connectivity index is 2.36. The van der Waals surface area contributed by atoms with Crippen LogP contribution in [0.5, 0.6) is 0 Å². The normalized spacial score (nSPS) is 11.2. The largest absolute Gasteiger partial charge is 0.372 e. The highest BCUT2D eigenvalue weighted by molar-refractivity contribution is 7.92. The maximum atomic E-state index is 13.6. The number of benzene rings is 1. The number of hydrogen-bond donors (Lipinski definition) is 2. The number of anilines is 2. The first-order valence-electron chi connectivity index (χ1n) is 5.64. The lowest BCUT2D eigenvalue weighted by molar-refractivity contribution is 0.598. The number of hydrogen-bond acceptors (Lipinski definition) is 4. The minimum Gasteiger partial charge on any atom is -0.372 e. The van der Waals surface area contributed by atoms with Crippen LogP contribution in [-0.4, -0.2) is 20.4 Å². The molecule has 0 amide bonds. The predicted molar refractivity (Wildman–Crippen MR) is 81.0 cm³/mol. The van der Waals surface area contributed by atoms with Crippen molar-refractivity contribution >= 4 is 44.7 Å². The van der Waals surface area contributed by atoms with Gasteiger partial charge < -0.3 is 5.32 Å². The summed E-state index contributed by atoms with van der Waals surface area (Å²) in [5.74, 6) is -0.440. The SMILES string of the molecule is CNc1ncc(S(=O)(=O)Nc2ccc(Cl)cc2F)cc1Cl. The van der Waals surface area contributed by atoms with Gasteiger partial charge in [-0.2, -0.15) is 0 Å². The fourth-order valence-corrected chi connectivity index (χ4v) is 3.05. The number of pyridine rings is 1. The lowest BCUT2D eigenvalue weighted by atomic mass is 10.3. The van der Waals surface area contributed by atoms with Crippen LogP contribution in [0.2, 0.25) is 10.0 Å². The molecule has 0 radical (unpaired) electrons. The molecule has 2 aromatic rings. The van der Waals surface area contributed by atoms with Crippen LogP contribution in [0.1, 0.15) is 0 Å². The molecule has 0 spiro atoms. The molecular formula is C12H10Cl2FN3O2S. The number of rotatable bonds is 4. The molecular weight excluding hydrogens is 340 g/mol. The van der Waals surface area contributed by atoms with Gasteiger partial charge in [0.25, 0.3) is 10.0 Å². The Morgan fingerprint density at radius 1 is 1.24 bits per heavy atom. The maximum absolute atomic E-state index is 13.6. The third kappa shape index (κ3) is 3.55. The molecule has 1 heterocycles. The molecule has 21 heavy (non-hydrogen) atoms. The van der Waals surface area contributed by atoms with Crippen LogP contribution in [0.15, 0.2) is 35.4 Å². The lowest BCUT2D eigenvalue weighted by Crippen LogP contribution is -2.14. The smallest absolute Gasteiger partial charge is 0.263 e. The van der Waals surface area contributed by atoms with E-state index in [0.29, 0.717) is 5.82 Å². The monoisotopic (exact) mass is 349 g/mol. The zero-order chi connectivity index (χ0) is 15.6. The Morgan fingerprint density at radius 3 is 2.52 bits per heavy atom. The fraction of sp³-hybridized carbons (Fsp3) is 0.0833. The Morgan fingerprint density at radius 2 is 1.95 bits per heavy atom. The van der Waals surface area contributed by atoms with E-state index in [4.69, 9.17) is 23.2 Å². The van der Waals surface area contributed by atoms with Crippen LogP contribution in [0.4, 0.5) is 15.9 Å².